The summed E-state index contributed by atoms with van der Waals surface area (Å²) in [5, 5.41) is 3.34. The first-order valence-electron chi connectivity index (χ1n) is 6.82. The lowest BCUT2D eigenvalue weighted by atomic mass is 10.1. The van der Waals surface area contributed by atoms with E-state index in [1.54, 1.807) is 7.11 Å². The van der Waals surface area contributed by atoms with Gasteiger partial charge in [-0.15, -0.1) is 0 Å². The molecule has 0 saturated heterocycles. The van der Waals surface area contributed by atoms with Gasteiger partial charge >= 0.3 is 0 Å². The minimum Gasteiger partial charge on any atom is -0.371 e. The van der Waals surface area contributed by atoms with Crippen molar-refractivity contribution in [3.05, 3.63) is 16.0 Å². The minimum absolute atomic E-state index is 0.480. The van der Waals surface area contributed by atoms with Gasteiger partial charge in [-0.05, 0) is 42.6 Å². The summed E-state index contributed by atoms with van der Waals surface area (Å²) in [6, 6.07) is 0. The number of halogens is 1. The Balaban J connectivity index is 3.22. The summed E-state index contributed by atoms with van der Waals surface area (Å²) in [4.78, 5) is 9.25. The molecule has 1 aromatic heterocycles. The number of hydrogen-bond donors (Lipinski definition) is 1. The smallest absolute Gasteiger partial charge is 0.162 e. The molecule has 1 rings (SSSR count). The molecule has 0 unspecified atom stereocenters. The third-order valence-electron chi connectivity index (χ3n) is 3.00. The van der Waals surface area contributed by atoms with E-state index in [0.717, 1.165) is 47.6 Å². The molecule has 0 amide bonds. The van der Waals surface area contributed by atoms with Crippen molar-refractivity contribution in [3.8, 4) is 0 Å². The molecule has 1 heterocycles. The second-order valence-electron chi connectivity index (χ2n) is 5.05. The Hall–Kier alpha value is -0.680. The third kappa shape index (κ3) is 4.14. The lowest BCUT2D eigenvalue weighted by Gasteiger charge is -2.23. The van der Waals surface area contributed by atoms with Gasteiger partial charge in [0.25, 0.3) is 0 Å². The van der Waals surface area contributed by atoms with E-state index in [1.807, 2.05) is 13.8 Å². The Bertz CT molecular complexity index is 421. The summed E-state index contributed by atoms with van der Waals surface area (Å²) >= 11 is 3.61. The summed E-state index contributed by atoms with van der Waals surface area (Å²) < 4.78 is 6.46. The SMILES string of the molecule is CCCNc1nc(C(C)(C)OC)nc(CCC)c1Br. The first-order chi connectivity index (χ1) is 8.96. The Morgan fingerprint density at radius 1 is 1.21 bits per heavy atom. The van der Waals surface area contributed by atoms with Crippen molar-refractivity contribution in [1.29, 1.82) is 0 Å². The fourth-order valence-corrected chi connectivity index (χ4v) is 2.13. The first-order valence-corrected chi connectivity index (χ1v) is 7.61. The summed E-state index contributed by atoms with van der Waals surface area (Å²) in [5.41, 5.74) is 0.558. The highest BCUT2D eigenvalue weighted by atomic mass is 79.9. The van der Waals surface area contributed by atoms with E-state index >= 15 is 0 Å². The van der Waals surface area contributed by atoms with Crippen LogP contribution < -0.4 is 5.32 Å². The number of nitrogens with zero attached hydrogens (tertiary/aromatic N) is 2. The second-order valence-corrected chi connectivity index (χ2v) is 5.84. The van der Waals surface area contributed by atoms with Gasteiger partial charge in [0.05, 0.1) is 10.2 Å². The first kappa shape index (κ1) is 16.4. The zero-order valence-electron chi connectivity index (χ0n) is 12.5. The van der Waals surface area contributed by atoms with Gasteiger partial charge in [-0.25, -0.2) is 9.97 Å². The van der Waals surface area contributed by atoms with Crippen LogP contribution in [0.2, 0.25) is 0 Å². The van der Waals surface area contributed by atoms with Crippen LogP contribution in [0.4, 0.5) is 5.82 Å². The topological polar surface area (TPSA) is 47.0 Å². The standard InChI is InChI=1S/C14H24BrN3O/c1-6-8-10-11(15)12(16-9-7-2)18-13(17-10)14(3,4)19-5/h6-9H2,1-5H3,(H,16,17,18). The van der Waals surface area contributed by atoms with Crippen LogP contribution in [0.15, 0.2) is 4.47 Å². The molecule has 4 nitrogen and oxygen atoms in total. The molecule has 0 aromatic carbocycles. The minimum atomic E-state index is -0.480. The highest BCUT2D eigenvalue weighted by Crippen LogP contribution is 2.29. The van der Waals surface area contributed by atoms with E-state index in [0.29, 0.717) is 0 Å². The van der Waals surface area contributed by atoms with Crippen molar-refractivity contribution in [1.82, 2.24) is 9.97 Å². The van der Waals surface area contributed by atoms with Crippen LogP contribution in [-0.2, 0) is 16.8 Å². The fraction of sp³-hybridized carbons (Fsp3) is 0.714. The highest BCUT2D eigenvalue weighted by Gasteiger charge is 2.25. The average molecular weight is 330 g/mol. The molecular formula is C14H24BrN3O. The molecule has 0 aliphatic carbocycles. The number of rotatable bonds is 7. The number of hydrogen-bond acceptors (Lipinski definition) is 4. The fourth-order valence-electron chi connectivity index (χ4n) is 1.62. The van der Waals surface area contributed by atoms with Crippen molar-refractivity contribution in [2.24, 2.45) is 0 Å². The van der Waals surface area contributed by atoms with Crippen LogP contribution in [0.3, 0.4) is 0 Å². The second kappa shape index (κ2) is 7.20. The molecule has 108 valence electrons. The molecule has 0 aliphatic heterocycles. The predicted octanol–water partition coefficient (Wildman–Crippen LogP) is 3.90. The molecular weight excluding hydrogens is 306 g/mol. The number of ether oxygens (including phenoxy) is 1. The number of nitrogens with one attached hydrogen (secondary N) is 1. The maximum absolute atomic E-state index is 5.49. The molecule has 0 fully saturated rings. The van der Waals surface area contributed by atoms with Gasteiger partial charge in [-0.1, -0.05) is 20.3 Å². The van der Waals surface area contributed by atoms with Crippen LogP contribution in [0.5, 0.6) is 0 Å². The van der Waals surface area contributed by atoms with E-state index in [4.69, 9.17) is 4.74 Å². The lowest BCUT2D eigenvalue weighted by Crippen LogP contribution is -2.24. The van der Waals surface area contributed by atoms with E-state index in [9.17, 15) is 0 Å². The summed E-state index contributed by atoms with van der Waals surface area (Å²) in [6.07, 6.45) is 3.04. The molecule has 0 spiro atoms. The molecule has 1 aromatic rings. The summed E-state index contributed by atoms with van der Waals surface area (Å²) in [7, 11) is 1.68. The van der Waals surface area contributed by atoms with Crippen LogP contribution in [0.1, 0.15) is 52.1 Å². The predicted molar refractivity (Wildman–Crippen MR) is 82.5 cm³/mol. The van der Waals surface area contributed by atoms with Gasteiger partial charge in [0.15, 0.2) is 5.82 Å². The van der Waals surface area contributed by atoms with Crippen LogP contribution in [-0.4, -0.2) is 23.6 Å². The molecule has 1 N–H and O–H groups in total. The maximum Gasteiger partial charge on any atom is 0.162 e. The Morgan fingerprint density at radius 3 is 2.42 bits per heavy atom. The van der Waals surface area contributed by atoms with Crippen molar-refractivity contribution in [2.75, 3.05) is 19.0 Å². The number of aromatic nitrogens is 2. The Kier molecular flexibility index (Phi) is 6.20. The third-order valence-corrected chi connectivity index (χ3v) is 3.83. The molecule has 0 bridgehead atoms. The van der Waals surface area contributed by atoms with Crippen molar-refractivity contribution >= 4 is 21.7 Å². The van der Waals surface area contributed by atoms with Gasteiger partial charge in [-0.2, -0.15) is 0 Å². The largest absolute Gasteiger partial charge is 0.371 e. The van der Waals surface area contributed by atoms with E-state index in [-0.39, 0.29) is 0 Å². The molecule has 19 heavy (non-hydrogen) atoms. The number of methoxy groups -OCH3 is 1. The molecule has 5 heteroatoms. The van der Waals surface area contributed by atoms with E-state index in [1.165, 1.54) is 0 Å². The van der Waals surface area contributed by atoms with Crippen molar-refractivity contribution in [2.45, 2.75) is 52.6 Å². The quantitative estimate of drug-likeness (QED) is 0.824. The van der Waals surface area contributed by atoms with Crippen LogP contribution >= 0.6 is 15.9 Å². The lowest BCUT2D eigenvalue weighted by molar-refractivity contribution is 0.0113. The normalized spacial score (nSPS) is 11.7. The molecule has 0 aliphatic rings. The van der Waals surface area contributed by atoms with Gasteiger partial charge < -0.3 is 10.1 Å². The number of aryl methyl sites for hydroxylation is 1. The van der Waals surface area contributed by atoms with Crippen molar-refractivity contribution < 1.29 is 4.74 Å². The Labute approximate surface area is 124 Å². The number of anilines is 1. The van der Waals surface area contributed by atoms with E-state index < -0.39 is 5.60 Å². The van der Waals surface area contributed by atoms with Crippen LogP contribution in [0, 0.1) is 0 Å². The van der Waals surface area contributed by atoms with Crippen LogP contribution in [0.25, 0.3) is 0 Å². The summed E-state index contributed by atoms with van der Waals surface area (Å²) in [5.74, 6) is 1.58. The van der Waals surface area contributed by atoms with Gasteiger partial charge in [0.2, 0.25) is 0 Å². The highest BCUT2D eigenvalue weighted by molar-refractivity contribution is 9.10. The molecule has 0 saturated carbocycles. The zero-order chi connectivity index (χ0) is 14.5. The zero-order valence-corrected chi connectivity index (χ0v) is 14.1. The summed E-state index contributed by atoms with van der Waals surface area (Å²) in [6.45, 7) is 9.14. The van der Waals surface area contributed by atoms with Gasteiger partial charge in [-0.3, -0.25) is 0 Å². The van der Waals surface area contributed by atoms with Crippen molar-refractivity contribution in [3.63, 3.8) is 0 Å². The average Bonchev–Trinajstić information content (AvgIpc) is 2.39. The molecule has 0 radical (unpaired) electrons. The maximum atomic E-state index is 5.49. The van der Waals surface area contributed by atoms with E-state index in [2.05, 4.69) is 45.1 Å². The Morgan fingerprint density at radius 2 is 1.89 bits per heavy atom. The van der Waals surface area contributed by atoms with Gasteiger partial charge in [0, 0.05) is 13.7 Å². The monoisotopic (exact) mass is 329 g/mol. The molecule has 0 atom stereocenters. The van der Waals surface area contributed by atoms with Gasteiger partial charge in [0.1, 0.15) is 11.4 Å².